The molecule has 0 aromatic heterocycles. The Morgan fingerprint density at radius 3 is 2.63 bits per heavy atom. The summed E-state index contributed by atoms with van der Waals surface area (Å²) in [6, 6.07) is 3.74. The summed E-state index contributed by atoms with van der Waals surface area (Å²) < 4.78 is 38.8. The summed E-state index contributed by atoms with van der Waals surface area (Å²) >= 11 is 0. The zero-order chi connectivity index (χ0) is 14.5. The molecule has 0 fully saturated rings. The SMILES string of the molecule is CCN(C)S(=O)(=O)c1ccc(C#CCCO)cc1F. The number of benzene rings is 1. The lowest BCUT2D eigenvalue weighted by Gasteiger charge is -2.15. The lowest BCUT2D eigenvalue weighted by atomic mass is 10.2. The number of aliphatic hydroxyl groups excluding tert-OH is 1. The van der Waals surface area contributed by atoms with Crippen LogP contribution in [0.2, 0.25) is 0 Å². The molecule has 1 aromatic carbocycles. The van der Waals surface area contributed by atoms with E-state index in [1.807, 2.05) is 0 Å². The minimum Gasteiger partial charge on any atom is -0.395 e. The Kier molecular flexibility index (Phi) is 5.48. The topological polar surface area (TPSA) is 57.6 Å². The molecule has 0 unspecified atom stereocenters. The predicted octanol–water partition coefficient (Wildman–Crippen LogP) is 1.20. The van der Waals surface area contributed by atoms with Crippen LogP contribution in [-0.4, -0.2) is 38.0 Å². The first-order chi connectivity index (χ1) is 8.93. The molecule has 0 atom stereocenters. The Bertz CT molecular complexity index is 602. The third kappa shape index (κ3) is 3.77. The molecule has 0 radical (unpaired) electrons. The van der Waals surface area contributed by atoms with Crippen molar-refractivity contribution in [1.29, 1.82) is 0 Å². The van der Waals surface area contributed by atoms with Crippen molar-refractivity contribution >= 4 is 10.0 Å². The second-order valence-corrected chi connectivity index (χ2v) is 5.85. The van der Waals surface area contributed by atoms with E-state index in [9.17, 15) is 12.8 Å². The molecule has 19 heavy (non-hydrogen) atoms. The van der Waals surface area contributed by atoms with Gasteiger partial charge in [0.15, 0.2) is 0 Å². The molecule has 0 spiro atoms. The van der Waals surface area contributed by atoms with E-state index in [0.29, 0.717) is 12.0 Å². The van der Waals surface area contributed by atoms with E-state index in [-0.39, 0.29) is 18.0 Å². The molecule has 4 nitrogen and oxygen atoms in total. The van der Waals surface area contributed by atoms with Gasteiger partial charge < -0.3 is 5.11 Å². The summed E-state index contributed by atoms with van der Waals surface area (Å²) in [7, 11) is -2.40. The van der Waals surface area contributed by atoms with E-state index >= 15 is 0 Å². The highest BCUT2D eigenvalue weighted by molar-refractivity contribution is 7.89. The normalized spacial score (nSPS) is 11.2. The van der Waals surface area contributed by atoms with Crippen LogP contribution in [0.15, 0.2) is 23.1 Å². The summed E-state index contributed by atoms with van der Waals surface area (Å²) in [6.45, 7) is 1.87. The van der Waals surface area contributed by atoms with Gasteiger partial charge in [-0.25, -0.2) is 17.1 Å². The third-order valence-corrected chi connectivity index (χ3v) is 4.50. The molecule has 0 saturated heterocycles. The van der Waals surface area contributed by atoms with Crippen molar-refractivity contribution in [2.24, 2.45) is 0 Å². The lowest BCUT2D eigenvalue weighted by molar-refractivity contribution is 0.305. The first kappa shape index (κ1) is 15.6. The molecule has 1 rings (SSSR count). The monoisotopic (exact) mass is 285 g/mol. The molecule has 0 aliphatic rings. The molecule has 6 heteroatoms. The number of sulfonamides is 1. The fourth-order valence-corrected chi connectivity index (χ4v) is 2.57. The van der Waals surface area contributed by atoms with E-state index < -0.39 is 15.8 Å². The molecule has 0 bridgehead atoms. The van der Waals surface area contributed by atoms with Crippen molar-refractivity contribution in [2.45, 2.75) is 18.2 Å². The van der Waals surface area contributed by atoms with Crippen molar-refractivity contribution in [2.75, 3.05) is 20.2 Å². The Morgan fingerprint density at radius 1 is 1.42 bits per heavy atom. The van der Waals surface area contributed by atoms with Crippen molar-refractivity contribution < 1.29 is 17.9 Å². The van der Waals surface area contributed by atoms with Gasteiger partial charge in [0.2, 0.25) is 10.0 Å². The van der Waals surface area contributed by atoms with Gasteiger partial charge in [-0.2, -0.15) is 0 Å². The van der Waals surface area contributed by atoms with E-state index in [4.69, 9.17) is 5.11 Å². The van der Waals surface area contributed by atoms with Gasteiger partial charge in [-0.05, 0) is 18.2 Å². The zero-order valence-electron chi connectivity index (χ0n) is 10.9. The summed E-state index contributed by atoms with van der Waals surface area (Å²) in [5.41, 5.74) is 0.379. The summed E-state index contributed by atoms with van der Waals surface area (Å²) in [5.74, 6) is 4.47. The van der Waals surface area contributed by atoms with Crippen molar-refractivity contribution in [3.05, 3.63) is 29.6 Å². The smallest absolute Gasteiger partial charge is 0.245 e. The second-order valence-electron chi connectivity index (χ2n) is 3.84. The van der Waals surface area contributed by atoms with Crippen LogP contribution in [-0.2, 0) is 10.0 Å². The Balaban J connectivity index is 3.12. The summed E-state index contributed by atoms with van der Waals surface area (Å²) in [5, 5.41) is 8.58. The summed E-state index contributed by atoms with van der Waals surface area (Å²) in [6.07, 6.45) is 0.292. The predicted molar refractivity (Wildman–Crippen MR) is 70.5 cm³/mol. The number of nitrogens with zero attached hydrogens (tertiary/aromatic N) is 1. The van der Waals surface area contributed by atoms with Gasteiger partial charge in [0.05, 0.1) is 6.61 Å². The quantitative estimate of drug-likeness (QED) is 0.846. The number of rotatable bonds is 4. The number of hydrogen-bond acceptors (Lipinski definition) is 3. The van der Waals surface area contributed by atoms with Crippen molar-refractivity contribution in [3.8, 4) is 11.8 Å². The van der Waals surface area contributed by atoms with Crippen LogP contribution < -0.4 is 0 Å². The minimum atomic E-state index is -3.79. The second kappa shape index (κ2) is 6.66. The highest BCUT2D eigenvalue weighted by atomic mass is 32.2. The lowest BCUT2D eigenvalue weighted by Crippen LogP contribution is -2.27. The molecule has 1 aromatic rings. The molecule has 104 valence electrons. The van der Waals surface area contributed by atoms with Crippen LogP contribution in [0.4, 0.5) is 4.39 Å². The van der Waals surface area contributed by atoms with E-state index in [1.54, 1.807) is 6.92 Å². The summed E-state index contributed by atoms with van der Waals surface area (Å²) in [4.78, 5) is -0.357. The van der Waals surface area contributed by atoms with Crippen LogP contribution in [0.1, 0.15) is 18.9 Å². The van der Waals surface area contributed by atoms with Gasteiger partial charge >= 0.3 is 0 Å². The highest BCUT2D eigenvalue weighted by Crippen LogP contribution is 2.19. The van der Waals surface area contributed by atoms with Crippen molar-refractivity contribution in [3.63, 3.8) is 0 Å². The van der Waals surface area contributed by atoms with Crippen LogP contribution in [0.3, 0.4) is 0 Å². The molecule has 0 amide bonds. The Labute approximate surface area is 112 Å². The number of halogens is 1. The maximum atomic E-state index is 13.8. The Morgan fingerprint density at radius 2 is 2.11 bits per heavy atom. The minimum absolute atomic E-state index is 0.0662. The maximum Gasteiger partial charge on any atom is 0.245 e. The van der Waals surface area contributed by atoms with Gasteiger partial charge in [0.1, 0.15) is 10.7 Å². The molecule has 0 heterocycles. The Hall–Kier alpha value is -1.42. The average Bonchev–Trinajstić information content (AvgIpc) is 2.37. The number of aliphatic hydroxyl groups is 1. The van der Waals surface area contributed by atoms with E-state index in [1.165, 1.54) is 19.2 Å². The van der Waals surface area contributed by atoms with Crippen LogP contribution in [0.25, 0.3) is 0 Å². The molecule has 0 saturated carbocycles. The molecule has 1 N–H and O–H groups in total. The van der Waals surface area contributed by atoms with E-state index in [2.05, 4.69) is 11.8 Å². The third-order valence-electron chi connectivity index (χ3n) is 2.53. The van der Waals surface area contributed by atoms with Crippen LogP contribution >= 0.6 is 0 Å². The first-order valence-corrected chi connectivity index (χ1v) is 7.23. The zero-order valence-corrected chi connectivity index (χ0v) is 11.7. The fourth-order valence-electron chi connectivity index (χ4n) is 1.35. The standard InChI is InChI=1S/C13H16FNO3S/c1-3-15(2)19(17,18)13-8-7-11(10-12(13)14)6-4-5-9-16/h7-8,10,16H,3,5,9H2,1-2H3. The molecule has 0 aliphatic carbocycles. The molecular formula is C13H16FNO3S. The largest absolute Gasteiger partial charge is 0.395 e. The molecule has 0 aliphatic heterocycles. The van der Waals surface area contributed by atoms with Gasteiger partial charge in [0, 0.05) is 25.6 Å². The van der Waals surface area contributed by atoms with Gasteiger partial charge in [-0.3, -0.25) is 0 Å². The van der Waals surface area contributed by atoms with Crippen LogP contribution in [0.5, 0.6) is 0 Å². The molecular weight excluding hydrogens is 269 g/mol. The first-order valence-electron chi connectivity index (χ1n) is 5.79. The average molecular weight is 285 g/mol. The maximum absolute atomic E-state index is 13.8. The fraction of sp³-hybridized carbons (Fsp3) is 0.385. The number of hydrogen-bond donors (Lipinski definition) is 1. The van der Waals surface area contributed by atoms with Gasteiger partial charge in [-0.15, -0.1) is 0 Å². The van der Waals surface area contributed by atoms with E-state index in [0.717, 1.165) is 10.4 Å². The van der Waals surface area contributed by atoms with Gasteiger partial charge in [0.25, 0.3) is 0 Å². The highest BCUT2D eigenvalue weighted by Gasteiger charge is 2.23. The van der Waals surface area contributed by atoms with Gasteiger partial charge in [-0.1, -0.05) is 18.8 Å². The van der Waals surface area contributed by atoms with Crippen LogP contribution in [0, 0.1) is 17.7 Å². The van der Waals surface area contributed by atoms with Crippen molar-refractivity contribution in [1.82, 2.24) is 4.31 Å².